The highest BCUT2D eigenvalue weighted by Crippen LogP contribution is 2.17. The molecule has 0 spiro atoms. The predicted molar refractivity (Wildman–Crippen MR) is 307 cm³/mol. The standard InChI is InChI=1S/C65H120O6/c1-4-7-10-13-16-19-21-23-25-27-29-31-32-33-34-35-37-38-40-42-44-46-49-52-55-58-64(67)70-61-62(60-69-63(66)57-54-51-48-18-15-12-9-6-3)71-65(68)59-56-53-50-47-45-43-41-39-36-30-28-26-24-22-20-17-14-11-8-5-2/h21,23,27,29,32-33,62H,4-20,22,24-26,28,30-31,34-61H2,1-3H3/b23-21-,29-27-,33-32-. The molecule has 0 saturated heterocycles. The zero-order valence-electron chi connectivity index (χ0n) is 47.8. The van der Waals surface area contributed by atoms with Gasteiger partial charge >= 0.3 is 17.9 Å². The highest BCUT2D eigenvalue weighted by Gasteiger charge is 2.19. The number of esters is 3. The van der Waals surface area contributed by atoms with Crippen LogP contribution in [0.5, 0.6) is 0 Å². The molecule has 0 rings (SSSR count). The number of carbonyl (C=O) groups is 3. The lowest BCUT2D eigenvalue weighted by atomic mass is 10.0. The van der Waals surface area contributed by atoms with Gasteiger partial charge in [0.05, 0.1) is 0 Å². The minimum atomic E-state index is -0.768. The predicted octanol–water partition coefficient (Wildman–Crippen LogP) is 21.2. The fourth-order valence-corrected chi connectivity index (χ4v) is 9.39. The van der Waals surface area contributed by atoms with E-state index >= 15 is 0 Å². The van der Waals surface area contributed by atoms with Gasteiger partial charge in [-0.2, -0.15) is 0 Å². The van der Waals surface area contributed by atoms with Crippen molar-refractivity contribution in [3.63, 3.8) is 0 Å². The second kappa shape index (κ2) is 60.2. The second-order valence-corrected chi connectivity index (χ2v) is 21.3. The molecule has 0 aromatic heterocycles. The molecule has 416 valence electrons. The first-order chi connectivity index (χ1) is 35.0. The minimum absolute atomic E-state index is 0.0686. The van der Waals surface area contributed by atoms with Gasteiger partial charge in [-0.25, -0.2) is 0 Å². The molecular weight excluding hydrogens is 877 g/mol. The van der Waals surface area contributed by atoms with E-state index in [1.807, 2.05) is 0 Å². The van der Waals surface area contributed by atoms with Gasteiger partial charge in [0.25, 0.3) is 0 Å². The van der Waals surface area contributed by atoms with E-state index in [-0.39, 0.29) is 31.1 Å². The number of hydrogen-bond acceptors (Lipinski definition) is 6. The Morgan fingerprint density at radius 3 is 0.789 bits per heavy atom. The van der Waals surface area contributed by atoms with Crippen molar-refractivity contribution in [3.8, 4) is 0 Å². The Morgan fingerprint density at radius 2 is 0.507 bits per heavy atom. The lowest BCUT2D eigenvalue weighted by Crippen LogP contribution is -2.30. The summed E-state index contributed by atoms with van der Waals surface area (Å²) in [6.45, 7) is 6.65. The molecule has 71 heavy (non-hydrogen) atoms. The van der Waals surface area contributed by atoms with Gasteiger partial charge in [0.2, 0.25) is 0 Å². The van der Waals surface area contributed by atoms with Gasteiger partial charge in [-0.1, -0.05) is 301 Å². The Labute approximate surface area is 442 Å². The van der Waals surface area contributed by atoms with Gasteiger partial charge in [0.1, 0.15) is 13.2 Å². The highest BCUT2D eigenvalue weighted by molar-refractivity contribution is 5.71. The van der Waals surface area contributed by atoms with Crippen molar-refractivity contribution >= 4 is 17.9 Å². The van der Waals surface area contributed by atoms with E-state index in [4.69, 9.17) is 14.2 Å². The summed E-state index contributed by atoms with van der Waals surface area (Å²) in [6, 6.07) is 0. The van der Waals surface area contributed by atoms with Crippen LogP contribution in [0.3, 0.4) is 0 Å². The van der Waals surface area contributed by atoms with Crippen LogP contribution in [0.1, 0.15) is 342 Å². The Bertz CT molecular complexity index is 1190. The first-order valence-electron chi connectivity index (χ1n) is 31.5. The van der Waals surface area contributed by atoms with Crippen LogP contribution in [0.15, 0.2) is 36.5 Å². The van der Waals surface area contributed by atoms with E-state index in [0.717, 1.165) is 70.6 Å². The van der Waals surface area contributed by atoms with Crippen molar-refractivity contribution in [2.75, 3.05) is 13.2 Å². The first kappa shape index (κ1) is 68.6. The Balaban J connectivity index is 4.15. The van der Waals surface area contributed by atoms with Crippen LogP contribution >= 0.6 is 0 Å². The van der Waals surface area contributed by atoms with Crippen LogP contribution < -0.4 is 0 Å². The molecule has 0 bridgehead atoms. The largest absolute Gasteiger partial charge is 0.462 e. The summed E-state index contributed by atoms with van der Waals surface area (Å²) in [7, 11) is 0. The van der Waals surface area contributed by atoms with Crippen LogP contribution in [0.2, 0.25) is 0 Å². The summed E-state index contributed by atoms with van der Waals surface area (Å²) in [4.78, 5) is 38.1. The van der Waals surface area contributed by atoms with Crippen molar-refractivity contribution < 1.29 is 28.6 Å². The molecule has 0 aliphatic rings. The van der Waals surface area contributed by atoms with Crippen LogP contribution in [0, 0.1) is 0 Å². The van der Waals surface area contributed by atoms with Crippen molar-refractivity contribution in [1.29, 1.82) is 0 Å². The van der Waals surface area contributed by atoms with Gasteiger partial charge in [-0.3, -0.25) is 14.4 Å². The second-order valence-electron chi connectivity index (χ2n) is 21.3. The van der Waals surface area contributed by atoms with E-state index in [1.165, 1.54) is 231 Å². The molecule has 0 aromatic rings. The van der Waals surface area contributed by atoms with Crippen LogP contribution in [-0.2, 0) is 28.6 Å². The maximum atomic E-state index is 12.9. The average molecular weight is 998 g/mol. The molecule has 0 aliphatic heterocycles. The molecule has 0 heterocycles. The van der Waals surface area contributed by atoms with Crippen LogP contribution in [0.25, 0.3) is 0 Å². The molecule has 0 aliphatic carbocycles. The molecule has 0 N–H and O–H groups in total. The molecule has 0 saturated carbocycles. The van der Waals surface area contributed by atoms with Gasteiger partial charge < -0.3 is 14.2 Å². The maximum Gasteiger partial charge on any atom is 0.306 e. The fourth-order valence-electron chi connectivity index (χ4n) is 9.39. The number of carbonyl (C=O) groups excluding carboxylic acids is 3. The van der Waals surface area contributed by atoms with Crippen LogP contribution in [-0.4, -0.2) is 37.2 Å². The molecule has 1 atom stereocenters. The number of hydrogen-bond donors (Lipinski definition) is 0. The number of ether oxygens (including phenoxy) is 3. The van der Waals surface area contributed by atoms with Gasteiger partial charge in [-0.15, -0.1) is 0 Å². The normalized spacial score (nSPS) is 12.2. The molecule has 6 nitrogen and oxygen atoms in total. The van der Waals surface area contributed by atoms with Gasteiger partial charge in [0.15, 0.2) is 6.10 Å². The molecular formula is C65H120O6. The Morgan fingerprint density at radius 1 is 0.282 bits per heavy atom. The number of allylic oxidation sites excluding steroid dienone is 6. The monoisotopic (exact) mass is 997 g/mol. The fraction of sp³-hybridized carbons (Fsp3) is 0.862. The molecule has 0 fully saturated rings. The molecule has 0 aromatic carbocycles. The third-order valence-electron chi connectivity index (χ3n) is 14.1. The summed E-state index contributed by atoms with van der Waals surface area (Å²) in [5.74, 6) is -0.855. The van der Waals surface area contributed by atoms with Gasteiger partial charge in [0, 0.05) is 19.3 Å². The van der Waals surface area contributed by atoms with Crippen LogP contribution in [0.4, 0.5) is 0 Å². The summed E-state index contributed by atoms with van der Waals surface area (Å²) in [5.41, 5.74) is 0. The first-order valence-corrected chi connectivity index (χ1v) is 31.5. The van der Waals surface area contributed by atoms with Crippen molar-refractivity contribution in [2.45, 2.75) is 348 Å². The van der Waals surface area contributed by atoms with Gasteiger partial charge in [-0.05, 0) is 57.8 Å². The smallest absolute Gasteiger partial charge is 0.306 e. The third-order valence-corrected chi connectivity index (χ3v) is 14.1. The minimum Gasteiger partial charge on any atom is -0.462 e. The van der Waals surface area contributed by atoms with Crippen molar-refractivity contribution in [1.82, 2.24) is 0 Å². The zero-order valence-corrected chi connectivity index (χ0v) is 47.8. The lowest BCUT2D eigenvalue weighted by molar-refractivity contribution is -0.167. The topological polar surface area (TPSA) is 78.9 Å². The SMILES string of the molecule is CCCCCCC/C=C\C/C=C\C/C=C\CCCCCCCCCCCCC(=O)OCC(COC(=O)CCCCCCCCCC)OC(=O)CCCCCCCCCCCCCCCCCCCCCC. The summed E-state index contributed by atoms with van der Waals surface area (Å²) < 4.78 is 16.9. The molecule has 1 unspecified atom stereocenters. The van der Waals surface area contributed by atoms with E-state index in [1.54, 1.807) is 0 Å². The average Bonchev–Trinajstić information content (AvgIpc) is 3.37. The molecule has 0 radical (unpaired) electrons. The summed E-state index contributed by atoms with van der Waals surface area (Å²) >= 11 is 0. The number of rotatable bonds is 58. The van der Waals surface area contributed by atoms with Crippen molar-refractivity contribution in [3.05, 3.63) is 36.5 Å². The Kier molecular flexibility index (Phi) is 58.2. The zero-order chi connectivity index (χ0) is 51.4. The highest BCUT2D eigenvalue weighted by atomic mass is 16.6. The molecule has 0 amide bonds. The van der Waals surface area contributed by atoms with E-state index < -0.39 is 6.10 Å². The quantitative estimate of drug-likeness (QED) is 0.0261. The van der Waals surface area contributed by atoms with Crippen molar-refractivity contribution in [2.24, 2.45) is 0 Å². The van der Waals surface area contributed by atoms with E-state index in [0.29, 0.717) is 19.3 Å². The van der Waals surface area contributed by atoms with E-state index in [9.17, 15) is 14.4 Å². The lowest BCUT2D eigenvalue weighted by Gasteiger charge is -2.18. The maximum absolute atomic E-state index is 12.9. The summed E-state index contributed by atoms with van der Waals surface area (Å²) in [6.07, 6.45) is 73.1. The number of unbranched alkanes of at least 4 members (excludes halogenated alkanes) is 41. The van der Waals surface area contributed by atoms with E-state index in [2.05, 4.69) is 57.2 Å². The third kappa shape index (κ3) is 58.4. The Hall–Kier alpha value is -2.37. The summed E-state index contributed by atoms with van der Waals surface area (Å²) in [5, 5.41) is 0. The molecule has 6 heteroatoms.